The Morgan fingerprint density at radius 2 is 2.06 bits per heavy atom. The molecular weight excluding hydrogens is 227 g/mol. The molecule has 0 aliphatic rings. The van der Waals surface area contributed by atoms with Gasteiger partial charge in [0, 0.05) is 25.4 Å². The predicted octanol–water partition coefficient (Wildman–Crippen LogP) is 3.44. The maximum absolute atomic E-state index is 13.9. The summed E-state index contributed by atoms with van der Waals surface area (Å²) in [7, 11) is 1.84. The van der Waals surface area contributed by atoms with E-state index in [1.807, 2.05) is 11.9 Å². The molecule has 0 aliphatic carbocycles. The van der Waals surface area contributed by atoms with Crippen LogP contribution in [0.3, 0.4) is 0 Å². The van der Waals surface area contributed by atoms with E-state index >= 15 is 0 Å². The Hall–Kier alpha value is -0.830. The van der Waals surface area contributed by atoms with Gasteiger partial charge in [-0.2, -0.15) is 0 Å². The topological polar surface area (TPSA) is 16.1 Å². The molecule has 0 atom stereocenters. The minimum atomic E-state index is -0.316. The maximum Gasteiger partial charge on any atom is 0.170 e. The van der Waals surface area contributed by atoms with Crippen LogP contribution in [0.4, 0.5) is 10.2 Å². The van der Waals surface area contributed by atoms with Crippen molar-refractivity contribution >= 4 is 17.4 Å². The van der Waals surface area contributed by atoms with Gasteiger partial charge < -0.3 is 4.90 Å². The van der Waals surface area contributed by atoms with Gasteiger partial charge in [-0.05, 0) is 11.5 Å². The van der Waals surface area contributed by atoms with Gasteiger partial charge in [-0.15, -0.1) is 11.6 Å². The summed E-state index contributed by atoms with van der Waals surface area (Å²) < 4.78 is 13.9. The van der Waals surface area contributed by atoms with E-state index in [0.29, 0.717) is 11.4 Å². The highest BCUT2D eigenvalue weighted by atomic mass is 35.5. The number of aromatic nitrogens is 1. The first kappa shape index (κ1) is 13.2. The van der Waals surface area contributed by atoms with E-state index in [0.717, 1.165) is 6.54 Å². The molecule has 0 saturated carbocycles. The van der Waals surface area contributed by atoms with Crippen molar-refractivity contribution in [3.8, 4) is 0 Å². The van der Waals surface area contributed by atoms with Gasteiger partial charge in [-0.3, -0.25) is 0 Å². The highest BCUT2D eigenvalue weighted by molar-refractivity contribution is 6.17. The Kier molecular flexibility index (Phi) is 4.14. The molecule has 0 amide bonds. The molecule has 0 saturated heterocycles. The van der Waals surface area contributed by atoms with Crippen LogP contribution in [-0.2, 0) is 5.88 Å². The zero-order valence-corrected chi connectivity index (χ0v) is 11.0. The lowest BCUT2D eigenvalue weighted by Crippen LogP contribution is -2.30. The number of rotatable bonds is 3. The maximum atomic E-state index is 13.9. The van der Waals surface area contributed by atoms with Gasteiger partial charge >= 0.3 is 0 Å². The van der Waals surface area contributed by atoms with Crippen molar-refractivity contribution in [1.29, 1.82) is 0 Å². The molecule has 0 aromatic carbocycles. The largest absolute Gasteiger partial charge is 0.357 e. The summed E-state index contributed by atoms with van der Waals surface area (Å²) in [6, 6.07) is 1.61. The van der Waals surface area contributed by atoms with Gasteiger partial charge in [-0.1, -0.05) is 20.8 Å². The van der Waals surface area contributed by atoms with Crippen molar-refractivity contribution in [2.45, 2.75) is 26.7 Å². The van der Waals surface area contributed by atoms with Crippen LogP contribution in [0.2, 0.25) is 0 Å². The van der Waals surface area contributed by atoms with E-state index in [1.54, 1.807) is 12.3 Å². The lowest BCUT2D eigenvalue weighted by atomic mass is 9.96. The van der Waals surface area contributed by atoms with Crippen LogP contribution < -0.4 is 4.90 Å². The molecule has 1 heterocycles. The standard InChI is InChI=1S/C12H18ClFN2/c1-12(2,3)8-16(4)11-10(14)9(7-13)5-6-15-11/h5-6H,7-8H2,1-4H3. The lowest BCUT2D eigenvalue weighted by Gasteiger charge is -2.27. The quantitative estimate of drug-likeness (QED) is 0.758. The average molecular weight is 245 g/mol. The zero-order valence-electron chi connectivity index (χ0n) is 10.2. The molecule has 0 radical (unpaired) electrons. The summed E-state index contributed by atoms with van der Waals surface area (Å²) in [5.74, 6) is 0.224. The molecule has 1 aromatic rings. The minimum Gasteiger partial charge on any atom is -0.357 e. The van der Waals surface area contributed by atoms with Crippen LogP contribution in [0.25, 0.3) is 0 Å². The van der Waals surface area contributed by atoms with Crippen molar-refractivity contribution in [2.75, 3.05) is 18.5 Å². The highest BCUT2D eigenvalue weighted by Crippen LogP contribution is 2.23. The summed E-state index contributed by atoms with van der Waals surface area (Å²) in [5.41, 5.74) is 0.590. The third kappa shape index (κ3) is 3.34. The summed E-state index contributed by atoms with van der Waals surface area (Å²) in [5, 5.41) is 0. The fraction of sp³-hybridized carbons (Fsp3) is 0.583. The van der Waals surface area contributed by atoms with Crippen LogP contribution >= 0.6 is 11.6 Å². The molecule has 0 unspecified atom stereocenters. The molecule has 1 aromatic heterocycles. The molecular formula is C12H18ClFN2. The van der Waals surface area contributed by atoms with Gasteiger partial charge in [-0.25, -0.2) is 9.37 Å². The van der Waals surface area contributed by atoms with Crippen molar-refractivity contribution in [3.63, 3.8) is 0 Å². The van der Waals surface area contributed by atoms with Crippen LogP contribution in [0.15, 0.2) is 12.3 Å². The first-order valence-electron chi connectivity index (χ1n) is 5.25. The predicted molar refractivity (Wildman–Crippen MR) is 66.5 cm³/mol. The zero-order chi connectivity index (χ0) is 12.3. The summed E-state index contributed by atoms with van der Waals surface area (Å²) in [6.07, 6.45) is 1.59. The SMILES string of the molecule is CN(CC(C)(C)C)c1nccc(CCl)c1F. The minimum absolute atomic E-state index is 0.0971. The molecule has 1 rings (SSSR count). The molecule has 0 fully saturated rings. The van der Waals surface area contributed by atoms with E-state index in [2.05, 4.69) is 25.8 Å². The lowest BCUT2D eigenvalue weighted by molar-refractivity contribution is 0.415. The molecule has 0 N–H and O–H groups in total. The van der Waals surface area contributed by atoms with E-state index in [1.165, 1.54) is 0 Å². The molecule has 0 spiro atoms. The van der Waals surface area contributed by atoms with Crippen LogP contribution in [0.1, 0.15) is 26.3 Å². The fourth-order valence-electron chi connectivity index (χ4n) is 1.63. The van der Waals surface area contributed by atoms with E-state index in [4.69, 9.17) is 11.6 Å². The monoisotopic (exact) mass is 244 g/mol. The Balaban J connectivity index is 2.95. The first-order valence-corrected chi connectivity index (χ1v) is 5.79. The molecule has 2 nitrogen and oxygen atoms in total. The van der Waals surface area contributed by atoms with Crippen molar-refractivity contribution in [3.05, 3.63) is 23.6 Å². The number of pyridine rings is 1. The normalized spacial score (nSPS) is 11.6. The molecule has 4 heteroatoms. The fourth-order valence-corrected chi connectivity index (χ4v) is 1.83. The number of alkyl halides is 1. The molecule has 16 heavy (non-hydrogen) atoms. The molecule has 0 aliphatic heterocycles. The van der Waals surface area contributed by atoms with Gasteiger partial charge in [0.05, 0.1) is 5.88 Å². The highest BCUT2D eigenvalue weighted by Gasteiger charge is 2.18. The first-order chi connectivity index (χ1) is 7.35. The third-order valence-electron chi connectivity index (χ3n) is 2.17. The summed E-state index contributed by atoms with van der Waals surface area (Å²) in [4.78, 5) is 5.89. The van der Waals surface area contributed by atoms with Gasteiger partial charge in [0.2, 0.25) is 0 Å². The number of anilines is 1. The molecule has 90 valence electrons. The van der Waals surface area contributed by atoms with Crippen LogP contribution in [0.5, 0.6) is 0 Å². The van der Waals surface area contributed by atoms with Crippen molar-refractivity contribution < 1.29 is 4.39 Å². The average Bonchev–Trinajstić information content (AvgIpc) is 2.15. The number of nitrogens with zero attached hydrogens (tertiary/aromatic N) is 2. The summed E-state index contributed by atoms with van der Waals surface area (Å²) >= 11 is 5.66. The third-order valence-corrected chi connectivity index (χ3v) is 2.46. The second kappa shape index (κ2) is 5.00. The van der Waals surface area contributed by atoms with Crippen molar-refractivity contribution in [2.24, 2.45) is 5.41 Å². The second-order valence-corrected chi connectivity index (χ2v) is 5.43. The van der Waals surface area contributed by atoms with Gasteiger partial charge in [0.1, 0.15) is 0 Å². The number of halogens is 2. The van der Waals surface area contributed by atoms with E-state index in [-0.39, 0.29) is 17.1 Å². The van der Waals surface area contributed by atoms with Crippen LogP contribution in [0, 0.1) is 11.2 Å². The van der Waals surface area contributed by atoms with Gasteiger partial charge in [0.15, 0.2) is 11.6 Å². The Bertz CT molecular complexity index is 361. The Morgan fingerprint density at radius 3 is 2.56 bits per heavy atom. The van der Waals surface area contributed by atoms with Crippen LogP contribution in [-0.4, -0.2) is 18.6 Å². The summed E-state index contributed by atoms with van der Waals surface area (Å²) in [6.45, 7) is 7.05. The number of hydrogen-bond donors (Lipinski definition) is 0. The Morgan fingerprint density at radius 1 is 1.44 bits per heavy atom. The Labute approximate surface area is 101 Å². The molecule has 0 bridgehead atoms. The number of hydrogen-bond acceptors (Lipinski definition) is 2. The van der Waals surface area contributed by atoms with E-state index < -0.39 is 0 Å². The second-order valence-electron chi connectivity index (χ2n) is 5.16. The van der Waals surface area contributed by atoms with E-state index in [9.17, 15) is 4.39 Å². The smallest absolute Gasteiger partial charge is 0.170 e. The van der Waals surface area contributed by atoms with Crippen molar-refractivity contribution in [1.82, 2.24) is 4.98 Å². The van der Waals surface area contributed by atoms with Gasteiger partial charge in [0.25, 0.3) is 0 Å².